The fourth-order valence-corrected chi connectivity index (χ4v) is 2.74. The number of halogens is 3. The number of hydrogen-bond acceptors (Lipinski definition) is 1. The van der Waals surface area contributed by atoms with Crippen LogP contribution in [0.4, 0.5) is 13.2 Å². The van der Waals surface area contributed by atoms with Gasteiger partial charge in [-0.15, -0.1) is 0 Å². The molecule has 4 heteroatoms. The molecule has 0 aromatic heterocycles. The number of ether oxygens (including phenoxy) is 1. The van der Waals surface area contributed by atoms with Crippen molar-refractivity contribution >= 4 is 12.2 Å². The van der Waals surface area contributed by atoms with Gasteiger partial charge < -0.3 is 4.74 Å². The molecule has 0 aliphatic rings. The van der Waals surface area contributed by atoms with Crippen molar-refractivity contribution in [3.63, 3.8) is 0 Å². The summed E-state index contributed by atoms with van der Waals surface area (Å²) in [6.45, 7) is 5.40. The first-order valence-electron chi connectivity index (χ1n) is 8.76. The van der Waals surface area contributed by atoms with Gasteiger partial charge in [-0.05, 0) is 41.8 Å². The van der Waals surface area contributed by atoms with Crippen molar-refractivity contribution in [3.8, 4) is 16.9 Å². The quantitative estimate of drug-likeness (QED) is 0.337. The van der Waals surface area contributed by atoms with E-state index in [0.717, 1.165) is 11.1 Å². The molecule has 0 radical (unpaired) electrons. The lowest BCUT2D eigenvalue weighted by atomic mass is 10.0. The van der Waals surface area contributed by atoms with Gasteiger partial charge in [0.25, 0.3) is 0 Å². The minimum atomic E-state index is -1.03. The molecule has 0 N–H and O–H groups in total. The highest BCUT2D eigenvalue weighted by atomic mass is 19.2. The van der Waals surface area contributed by atoms with E-state index in [1.54, 1.807) is 42.5 Å². The van der Waals surface area contributed by atoms with Crippen molar-refractivity contribution < 1.29 is 17.9 Å². The molecule has 0 spiro atoms. The van der Waals surface area contributed by atoms with Crippen molar-refractivity contribution in [2.45, 2.75) is 6.92 Å². The van der Waals surface area contributed by atoms with Crippen LogP contribution in [0, 0.1) is 24.4 Å². The van der Waals surface area contributed by atoms with Crippen LogP contribution >= 0.6 is 0 Å². The van der Waals surface area contributed by atoms with Crippen LogP contribution in [0.15, 0.2) is 67.3 Å². The van der Waals surface area contributed by atoms with Gasteiger partial charge in [-0.3, -0.25) is 0 Å². The molecular weight excluding hydrogens is 361 g/mol. The first-order valence-corrected chi connectivity index (χ1v) is 8.76. The van der Waals surface area contributed by atoms with Gasteiger partial charge in [0.05, 0.1) is 0 Å². The van der Waals surface area contributed by atoms with E-state index in [1.165, 1.54) is 24.3 Å². The summed E-state index contributed by atoms with van der Waals surface area (Å²) in [4.78, 5) is 0. The molecule has 0 saturated heterocycles. The molecule has 0 unspecified atom stereocenters. The number of aryl methyl sites for hydroxylation is 1. The zero-order valence-corrected chi connectivity index (χ0v) is 15.4. The maximum Gasteiger partial charge on any atom is 0.201 e. The summed E-state index contributed by atoms with van der Waals surface area (Å²) in [5, 5.41) is 0. The van der Waals surface area contributed by atoms with E-state index in [-0.39, 0.29) is 23.7 Å². The molecule has 3 aromatic rings. The Labute approximate surface area is 162 Å². The lowest BCUT2D eigenvalue weighted by Crippen LogP contribution is -1.99. The predicted octanol–water partition coefficient (Wildman–Crippen LogP) is 6.81. The van der Waals surface area contributed by atoms with E-state index in [0.29, 0.717) is 11.1 Å². The molecule has 0 amide bonds. The number of hydrogen-bond donors (Lipinski definition) is 0. The van der Waals surface area contributed by atoms with E-state index in [1.807, 2.05) is 13.0 Å². The Morgan fingerprint density at radius 1 is 0.893 bits per heavy atom. The Morgan fingerprint density at radius 2 is 1.64 bits per heavy atom. The van der Waals surface area contributed by atoms with Gasteiger partial charge in [0.15, 0.2) is 11.6 Å². The first kappa shape index (κ1) is 19.5. The summed E-state index contributed by atoms with van der Waals surface area (Å²) in [6, 6.07) is 14.8. The minimum Gasteiger partial charge on any atom is -0.486 e. The molecule has 3 aromatic carbocycles. The van der Waals surface area contributed by atoms with Crippen molar-refractivity contribution in [1.29, 1.82) is 0 Å². The second kappa shape index (κ2) is 8.61. The van der Waals surface area contributed by atoms with Crippen LogP contribution in [0.2, 0.25) is 0 Å². The minimum absolute atomic E-state index is 0.0956. The molecule has 3 rings (SSSR count). The highest BCUT2D eigenvalue weighted by Gasteiger charge is 2.15. The zero-order valence-electron chi connectivity index (χ0n) is 15.4. The normalized spacial score (nSPS) is 11.0. The predicted molar refractivity (Wildman–Crippen MR) is 108 cm³/mol. The molecule has 0 heterocycles. The molecule has 0 bridgehead atoms. The standard InChI is InChI=1S/C24H19F3O/c1-3-14-28-22-13-12-20(23(26)24(22)27)18-9-5-17(6-10-18)7-11-19-8-4-16(2)15-21(19)25/h3-13,15H,1,14H2,2H3/b11-7+. The maximum absolute atomic E-state index is 14.4. The molecule has 0 aliphatic heterocycles. The lowest BCUT2D eigenvalue weighted by Gasteiger charge is -2.09. The molecule has 1 nitrogen and oxygen atoms in total. The monoisotopic (exact) mass is 380 g/mol. The Hall–Kier alpha value is -3.27. The Kier molecular flexibility index (Phi) is 5.99. The fourth-order valence-electron chi connectivity index (χ4n) is 2.74. The van der Waals surface area contributed by atoms with E-state index >= 15 is 0 Å². The van der Waals surface area contributed by atoms with Crippen molar-refractivity contribution in [2.75, 3.05) is 6.61 Å². The highest BCUT2D eigenvalue weighted by Crippen LogP contribution is 2.30. The molecule has 142 valence electrons. The van der Waals surface area contributed by atoms with Crippen LogP contribution in [-0.4, -0.2) is 6.61 Å². The third-order valence-corrected chi connectivity index (χ3v) is 4.24. The average molecular weight is 380 g/mol. The summed E-state index contributed by atoms with van der Waals surface area (Å²) in [6.07, 6.45) is 4.90. The largest absolute Gasteiger partial charge is 0.486 e. The third kappa shape index (κ3) is 4.34. The van der Waals surface area contributed by atoms with Gasteiger partial charge in [-0.2, -0.15) is 4.39 Å². The zero-order chi connectivity index (χ0) is 20.1. The number of rotatable bonds is 6. The van der Waals surface area contributed by atoms with Gasteiger partial charge in [0, 0.05) is 11.1 Å². The summed E-state index contributed by atoms with van der Waals surface area (Å²) in [7, 11) is 0. The topological polar surface area (TPSA) is 9.23 Å². The van der Waals surface area contributed by atoms with E-state index in [4.69, 9.17) is 4.74 Å². The summed E-state index contributed by atoms with van der Waals surface area (Å²) >= 11 is 0. The molecule has 0 aliphatic carbocycles. The van der Waals surface area contributed by atoms with E-state index < -0.39 is 11.6 Å². The van der Waals surface area contributed by atoms with E-state index in [2.05, 4.69) is 6.58 Å². The van der Waals surface area contributed by atoms with Crippen LogP contribution in [0.1, 0.15) is 16.7 Å². The van der Waals surface area contributed by atoms with Gasteiger partial charge in [0.2, 0.25) is 5.82 Å². The van der Waals surface area contributed by atoms with Crippen molar-refractivity contribution in [2.24, 2.45) is 0 Å². The average Bonchev–Trinajstić information content (AvgIpc) is 2.69. The molecule has 0 fully saturated rings. The van der Waals surface area contributed by atoms with Crippen LogP contribution in [-0.2, 0) is 0 Å². The maximum atomic E-state index is 14.4. The van der Waals surface area contributed by atoms with E-state index in [9.17, 15) is 13.2 Å². The summed E-state index contributed by atoms with van der Waals surface area (Å²) in [5.41, 5.74) is 2.83. The van der Waals surface area contributed by atoms with Gasteiger partial charge in [0.1, 0.15) is 12.4 Å². The van der Waals surface area contributed by atoms with Crippen molar-refractivity contribution in [1.82, 2.24) is 0 Å². The molecule has 0 saturated carbocycles. The molecule has 28 heavy (non-hydrogen) atoms. The van der Waals surface area contributed by atoms with Crippen LogP contribution < -0.4 is 4.74 Å². The lowest BCUT2D eigenvalue weighted by molar-refractivity contribution is 0.333. The fraction of sp³-hybridized carbons (Fsp3) is 0.0833. The smallest absolute Gasteiger partial charge is 0.201 e. The Bertz CT molecular complexity index is 1020. The van der Waals surface area contributed by atoms with Crippen LogP contribution in [0.5, 0.6) is 5.75 Å². The SMILES string of the molecule is C=CCOc1ccc(-c2ccc(/C=C/c3ccc(C)cc3F)cc2)c(F)c1F. The van der Waals surface area contributed by atoms with Crippen LogP contribution in [0.3, 0.4) is 0 Å². The Balaban J connectivity index is 1.81. The van der Waals surface area contributed by atoms with Crippen molar-refractivity contribution in [3.05, 3.63) is 101 Å². The summed E-state index contributed by atoms with van der Waals surface area (Å²) < 4.78 is 47.5. The highest BCUT2D eigenvalue weighted by molar-refractivity contribution is 5.72. The Morgan fingerprint density at radius 3 is 2.32 bits per heavy atom. The van der Waals surface area contributed by atoms with Crippen LogP contribution in [0.25, 0.3) is 23.3 Å². The summed E-state index contributed by atoms with van der Waals surface area (Å²) in [5.74, 6) is -2.44. The van der Waals surface area contributed by atoms with Gasteiger partial charge in [-0.25, -0.2) is 8.78 Å². The first-order chi connectivity index (χ1) is 13.5. The molecule has 0 atom stereocenters. The second-order valence-corrected chi connectivity index (χ2v) is 6.32. The van der Waals surface area contributed by atoms with Gasteiger partial charge in [-0.1, -0.05) is 61.2 Å². The molecular formula is C24H19F3O. The second-order valence-electron chi connectivity index (χ2n) is 6.32. The number of benzene rings is 3. The van der Waals surface area contributed by atoms with Gasteiger partial charge >= 0.3 is 0 Å². The third-order valence-electron chi connectivity index (χ3n) is 4.24.